The second-order valence-corrected chi connectivity index (χ2v) is 5.86. The lowest BCUT2D eigenvalue weighted by molar-refractivity contribution is 0.0726. The van der Waals surface area contributed by atoms with E-state index in [0.717, 1.165) is 23.1 Å². The highest BCUT2D eigenvalue weighted by atomic mass is 16.5. The van der Waals surface area contributed by atoms with Crippen LogP contribution in [0.1, 0.15) is 16.1 Å². The highest BCUT2D eigenvalue weighted by molar-refractivity contribution is 6.04. The van der Waals surface area contributed by atoms with E-state index in [2.05, 4.69) is 16.3 Å². The van der Waals surface area contributed by atoms with Crippen molar-refractivity contribution in [2.24, 2.45) is 0 Å². The van der Waals surface area contributed by atoms with Crippen molar-refractivity contribution >= 4 is 16.8 Å². The third kappa shape index (κ3) is 2.44. The second kappa shape index (κ2) is 5.43. The van der Waals surface area contributed by atoms with Crippen LogP contribution in [0.15, 0.2) is 48.5 Å². The van der Waals surface area contributed by atoms with E-state index < -0.39 is 0 Å². The van der Waals surface area contributed by atoms with Crippen molar-refractivity contribution in [2.75, 3.05) is 13.6 Å². The molecule has 2 aromatic carbocycles. The Labute approximate surface area is 133 Å². The first kappa shape index (κ1) is 13.8. The lowest BCUT2D eigenvalue weighted by atomic mass is 10.1. The van der Waals surface area contributed by atoms with Gasteiger partial charge in [0.25, 0.3) is 5.91 Å². The van der Waals surface area contributed by atoms with Gasteiger partial charge < -0.3 is 9.64 Å². The number of fused-ring (bicyclic) bond motifs is 2. The molecular weight excluding hydrogens is 290 g/mol. The first-order chi connectivity index (χ1) is 11.2. The summed E-state index contributed by atoms with van der Waals surface area (Å²) in [5.74, 6) is 0.825. The Hall–Kier alpha value is -2.82. The van der Waals surface area contributed by atoms with Crippen LogP contribution in [0.5, 0.6) is 5.75 Å². The van der Waals surface area contributed by atoms with Crippen molar-refractivity contribution in [2.45, 2.75) is 12.5 Å². The van der Waals surface area contributed by atoms with Gasteiger partial charge in [0, 0.05) is 18.9 Å². The summed E-state index contributed by atoms with van der Waals surface area (Å²) < 4.78 is 5.91. The molecule has 1 aliphatic heterocycles. The van der Waals surface area contributed by atoms with E-state index in [-0.39, 0.29) is 12.0 Å². The van der Waals surface area contributed by atoms with Crippen molar-refractivity contribution in [3.63, 3.8) is 0 Å². The number of aromatic nitrogens is 2. The maximum Gasteiger partial charge on any atom is 0.274 e. The monoisotopic (exact) mass is 307 g/mol. The van der Waals surface area contributed by atoms with Crippen LogP contribution >= 0.6 is 0 Å². The van der Waals surface area contributed by atoms with Crippen molar-refractivity contribution in [1.29, 1.82) is 0 Å². The van der Waals surface area contributed by atoms with Gasteiger partial charge in [-0.05, 0) is 17.7 Å². The number of hydrogen-bond donors (Lipinski definition) is 1. The molecule has 0 aliphatic carbocycles. The number of benzene rings is 2. The third-order valence-corrected chi connectivity index (χ3v) is 4.21. The topological polar surface area (TPSA) is 58.2 Å². The maximum absolute atomic E-state index is 12.7. The van der Waals surface area contributed by atoms with Crippen LogP contribution in [-0.4, -0.2) is 40.7 Å². The zero-order chi connectivity index (χ0) is 15.8. The molecule has 0 bridgehead atoms. The number of ether oxygens (including phenoxy) is 1. The highest BCUT2D eigenvalue weighted by Gasteiger charge is 2.26. The minimum absolute atomic E-state index is 0.00782. The van der Waals surface area contributed by atoms with Crippen LogP contribution < -0.4 is 4.74 Å². The number of nitrogens with one attached hydrogen (secondary N) is 1. The first-order valence-corrected chi connectivity index (χ1v) is 7.65. The molecule has 3 aromatic rings. The van der Waals surface area contributed by atoms with Crippen LogP contribution in [-0.2, 0) is 6.42 Å². The normalized spacial score (nSPS) is 16.1. The molecule has 0 saturated heterocycles. The molecular formula is C18H17N3O2. The van der Waals surface area contributed by atoms with E-state index in [9.17, 15) is 4.79 Å². The molecule has 23 heavy (non-hydrogen) atoms. The third-order valence-electron chi connectivity index (χ3n) is 4.21. The zero-order valence-electron chi connectivity index (χ0n) is 12.8. The quantitative estimate of drug-likeness (QED) is 0.809. The molecule has 0 spiro atoms. The average Bonchev–Trinajstić information content (AvgIpc) is 3.17. The SMILES string of the molecule is CN(C[C@@H]1Cc2ccccc2O1)C(=O)c1n[nH]c2ccccc12. The molecule has 1 aliphatic rings. The predicted molar refractivity (Wildman–Crippen MR) is 87.6 cm³/mol. The molecule has 1 amide bonds. The summed E-state index contributed by atoms with van der Waals surface area (Å²) in [5.41, 5.74) is 2.52. The van der Waals surface area contributed by atoms with Gasteiger partial charge in [-0.3, -0.25) is 9.89 Å². The van der Waals surface area contributed by atoms with Gasteiger partial charge in [-0.15, -0.1) is 0 Å². The van der Waals surface area contributed by atoms with Crippen molar-refractivity contribution < 1.29 is 9.53 Å². The van der Waals surface area contributed by atoms with Gasteiger partial charge in [0.2, 0.25) is 0 Å². The summed E-state index contributed by atoms with van der Waals surface area (Å²) in [5, 5.41) is 7.92. The Kier molecular flexibility index (Phi) is 3.26. The van der Waals surface area contributed by atoms with E-state index in [1.807, 2.05) is 42.5 Å². The van der Waals surface area contributed by atoms with Gasteiger partial charge in [0.1, 0.15) is 11.9 Å². The Morgan fingerprint density at radius 1 is 1.26 bits per heavy atom. The van der Waals surface area contributed by atoms with Gasteiger partial charge in [-0.1, -0.05) is 36.4 Å². The second-order valence-electron chi connectivity index (χ2n) is 5.86. The maximum atomic E-state index is 12.7. The fraction of sp³-hybridized carbons (Fsp3) is 0.222. The number of H-pyrrole nitrogens is 1. The summed E-state index contributed by atoms with van der Waals surface area (Å²) in [6.07, 6.45) is 0.821. The minimum Gasteiger partial charge on any atom is -0.488 e. The van der Waals surface area contributed by atoms with E-state index in [1.54, 1.807) is 11.9 Å². The minimum atomic E-state index is -0.0954. The zero-order valence-corrected chi connectivity index (χ0v) is 12.8. The summed E-state index contributed by atoms with van der Waals surface area (Å²) in [7, 11) is 1.79. The number of rotatable bonds is 3. The number of carbonyl (C=O) groups excluding carboxylic acids is 1. The van der Waals surface area contributed by atoms with Gasteiger partial charge >= 0.3 is 0 Å². The number of amides is 1. The van der Waals surface area contributed by atoms with Crippen molar-refractivity contribution in [3.8, 4) is 5.75 Å². The fourth-order valence-corrected chi connectivity index (χ4v) is 3.05. The number of hydrogen-bond acceptors (Lipinski definition) is 3. The molecule has 1 atom stereocenters. The molecule has 5 heteroatoms. The van der Waals surface area contributed by atoms with Gasteiger partial charge in [-0.25, -0.2) is 0 Å². The number of aromatic amines is 1. The number of carbonyl (C=O) groups is 1. The largest absolute Gasteiger partial charge is 0.488 e. The molecule has 1 N–H and O–H groups in total. The number of para-hydroxylation sites is 2. The van der Waals surface area contributed by atoms with Gasteiger partial charge in [-0.2, -0.15) is 5.10 Å². The highest BCUT2D eigenvalue weighted by Crippen LogP contribution is 2.28. The molecule has 0 unspecified atom stereocenters. The Morgan fingerprint density at radius 2 is 2.04 bits per heavy atom. The summed E-state index contributed by atoms with van der Waals surface area (Å²) in [6.45, 7) is 0.536. The Bertz CT molecular complexity index is 846. The average molecular weight is 307 g/mol. The van der Waals surface area contributed by atoms with Crippen LogP contribution in [0, 0.1) is 0 Å². The predicted octanol–water partition coefficient (Wildman–Crippen LogP) is 2.64. The van der Waals surface area contributed by atoms with Gasteiger partial charge in [0.05, 0.1) is 12.1 Å². The lowest BCUT2D eigenvalue weighted by Crippen LogP contribution is -2.36. The van der Waals surface area contributed by atoms with Crippen LogP contribution in [0.2, 0.25) is 0 Å². The smallest absolute Gasteiger partial charge is 0.274 e. The fourth-order valence-electron chi connectivity index (χ4n) is 3.05. The standard InChI is InChI=1S/C18H17N3O2/c1-21(11-13-10-12-6-2-5-9-16(12)23-13)18(22)17-14-7-3-4-8-15(14)19-20-17/h2-9,13H,10-11H2,1H3,(H,19,20)/t13-/m0/s1. The lowest BCUT2D eigenvalue weighted by Gasteiger charge is -2.20. The van der Waals surface area contributed by atoms with E-state index in [4.69, 9.17) is 4.74 Å². The van der Waals surface area contributed by atoms with Crippen LogP contribution in [0.25, 0.3) is 10.9 Å². The molecule has 0 radical (unpaired) electrons. The molecule has 4 rings (SSSR count). The molecule has 2 heterocycles. The number of nitrogens with zero attached hydrogens (tertiary/aromatic N) is 2. The molecule has 116 valence electrons. The molecule has 1 aromatic heterocycles. The summed E-state index contributed by atoms with van der Waals surface area (Å²) in [6, 6.07) is 15.7. The van der Waals surface area contributed by atoms with E-state index in [1.165, 1.54) is 5.56 Å². The summed E-state index contributed by atoms with van der Waals surface area (Å²) in [4.78, 5) is 14.3. The van der Waals surface area contributed by atoms with Crippen LogP contribution in [0.4, 0.5) is 0 Å². The Morgan fingerprint density at radius 3 is 2.91 bits per heavy atom. The molecule has 0 fully saturated rings. The van der Waals surface area contributed by atoms with Crippen LogP contribution in [0.3, 0.4) is 0 Å². The molecule has 5 nitrogen and oxygen atoms in total. The Balaban J connectivity index is 1.49. The number of likely N-dealkylation sites (N-methyl/N-ethyl adjacent to an activating group) is 1. The summed E-state index contributed by atoms with van der Waals surface area (Å²) >= 11 is 0. The first-order valence-electron chi connectivity index (χ1n) is 7.65. The van der Waals surface area contributed by atoms with Crippen molar-refractivity contribution in [3.05, 3.63) is 59.8 Å². The van der Waals surface area contributed by atoms with Gasteiger partial charge in [0.15, 0.2) is 5.69 Å². The molecule has 0 saturated carbocycles. The van der Waals surface area contributed by atoms with E-state index >= 15 is 0 Å². The van der Waals surface area contributed by atoms with Crippen molar-refractivity contribution in [1.82, 2.24) is 15.1 Å². The van der Waals surface area contributed by atoms with E-state index in [0.29, 0.717) is 12.2 Å².